The number of ether oxygens (including phenoxy) is 1. The molecule has 0 unspecified atom stereocenters. The number of aromatic nitrogens is 2. The van der Waals surface area contributed by atoms with E-state index in [9.17, 15) is 9.59 Å². The van der Waals surface area contributed by atoms with Gasteiger partial charge in [0.2, 0.25) is 0 Å². The molecule has 2 amide bonds. The summed E-state index contributed by atoms with van der Waals surface area (Å²) in [5.74, 6) is 0.864. The number of amides is 2. The van der Waals surface area contributed by atoms with Gasteiger partial charge < -0.3 is 19.5 Å². The summed E-state index contributed by atoms with van der Waals surface area (Å²) in [4.78, 5) is 32.4. The number of carbonyl (C=O) groups excluding carboxylic acids is 2. The number of fused-ring (bicyclic) bond motifs is 1. The summed E-state index contributed by atoms with van der Waals surface area (Å²) >= 11 is 0. The summed E-state index contributed by atoms with van der Waals surface area (Å²) in [5, 5.41) is 2.91. The van der Waals surface area contributed by atoms with E-state index in [4.69, 9.17) is 4.74 Å². The molecule has 7 nitrogen and oxygen atoms in total. The number of likely N-dealkylation sites (tertiary alicyclic amines) is 1. The van der Waals surface area contributed by atoms with Gasteiger partial charge in [0.15, 0.2) is 11.5 Å². The fourth-order valence-corrected chi connectivity index (χ4v) is 4.12. The number of hydrogen-bond donors (Lipinski definition) is 1. The van der Waals surface area contributed by atoms with Gasteiger partial charge in [-0.1, -0.05) is 0 Å². The first kappa shape index (κ1) is 19.5. The van der Waals surface area contributed by atoms with Crippen molar-refractivity contribution in [3.63, 3.8) is 0 Å². The Bertz CT molecular complexity index is 882. The van der Waals surface area contributed by atoms with Crippen molar-refractivity contribution in [2.45, 2.75) is 52.0 Å². The second kappa shape index (κ2) is 8.68. The smallest absolute Gasteiger partial charge is 0.289 e. The summed E-state index contributed by atoms with van der Waals surface area (Å²) in [6, 6.07) is 7.27. The Morgan fingerprint density at radius 3 is 2.48 bits per heavy atom. The number of benzene rings is 1. The van der Waals surface area contributed by atoms with Crippen LogP contribution in [0.1, 0.15) is 65.8 Å². The molecule has 29 heavy (non-hydrogen) atoms. The molecule has 1 aromatic heterocycles. The Labute approximate surface area is 171 Å². The number of nitrogens with zero attached hydrogens (tertiary/aromatic N) is 3. The van der Waals surface area contributed by atoms with Crippen LogP contribution >= 0.6 is 0 Å². The lowest BCUT2D eigenvalue weighted by molar-refractivity contribution is 0.0705. The molecule has 2 aromatic rings. The first-order chi connectivity index (χ1) is 14.2. The van der Waals surface area contributed by atoms with Gasteiger partial charge >= 0.3 is 0 Å². The van der Waals surface area contributed by atoms with Crippen LogP contribution in [-0.2, 0) is 13.0 Å². The van der Waals surface area contributed by atoms with Gasteiger partial charge in [-0.15, -0.1) is 0 Å². The molecule has 154 valence electrons. The maximum atomic E-state index is 13.1. The number of carbonyl (C=O) groups is 2. The standard InChI is InChI=1S/C22H28N4O3/c1-2-29-17-11-9-16(10-12-17)23-21(27)19-18-8-4-7-15-26(18)20(24-19)22(28)25-13-5-3-6-14-25/h9-12H,2-8,13-15H2,1H3,(H,23,27). The minimum Gasteiger partial charge on any atom is -0.494 e. The lowest BCUT2D eigenvalue weighted by Gasteiger charge is -2.27. The van der Waals surface area contributed by atoms with Crippen LogP contribution in [0.2, 0.25) is 0 Å². The maximum Gasteiger partial charge on any atom is 0.289 e. The quantitative estimate of drug-likeness (QED) is 0.839. The van der Waals surface area contributed by atoms with Crippen LogP contribution in [0.4, 0.5) is 5.69 Å². The Morgan fingerprint density at radius 1 is 1.03 bits per heavy atom. The van der Waals surface area contributed by atoms with E-state index in [1.807, 2.05) is 40.7 Å². The summed E-state index contributed by atoms with van der Waals surface area (Å²) in [6.45, 7) is 4.82. The molecule has 1 N–H and O–H groups in total. The highest BCUT2D eigenvalue weighted by atomic mass is 16.5. The molecule has 2 aliphatic heterocycles. The third kappa shape index (κ3) is 4.13. The fraction of sp³-hybridized carbons (Fsp3) is 0.500. The van der Waals surface area contributed by atoms with Gasteiger partial charge in [-0.25, -0.2) is 4.98 Å². The molecule has 1 fully saturated rings. The highest BCUT2D eigenvalue weighted by Crippen LogP contribution is 2.24. The second-order valence-corrected chi connectivity index (χ2v) is 7.60. The first-order valence-corrected chi connectivity index (χ1v) is 10.6. The maximum absolute atomic E-state index is 13.1. The van der Waals surface area contributed by atoms with Gasteiger partial charge in [0.25, 0.3) is 11.8 Å². The van der Waals surface area contributed by atoms with Crippen LogP contribution in [0.15, 0.2) is 24.3 Å². The molecule has 0 spiro atoms. The van der Waals surface area contributed by atoms with Crippen LogP contribution in [-0.4, -0.2) is 46.0 Å². The predicted octanol–water partition coefficient (Wildman–Crippen LogP) is 3.50. The zero-order valence-corrected chi connectivity index (χ0v) is 16.9. The molecule has 3 heterocycles. The normalized spacial score (nSPS) is 16.2. The molecule has 2 aliphatic rings. The summed E-state index contributed by atoms with van der Waals surface area (Å²) < 4.78 is 7.41. The monoisotopic (exact) mass is 396 g/mol. The molecule has 1 aromatic carbocycles. The highest BCUT2D eigenvalue weighted by Gasteiger charge is 2.30. The van der Waals surface area contributed by atoms with Crippen LogP contribution in [0.5, 0.6) is 5.75 Å². The highest BCUT2D eigenvalue weighted by molar-refractivity contribution is 6.05. The Balaban J connectivity index is 1.57. The third-order valence-electron chi connectivity index (χ3n) is 5.59. The largest absolute Gasteiger partial charge is 0.494 e. The first-order valence-electron chi connectivity index (χ1n) is 10.6. The Hall–Kier alpha value is -2.83. The van der Waals surface area contributed by atoms with Crippen LogP contribution in [0.25, 0.3) is 0 Å². The molecule has 4 rings (SSSR count). The molecular formula is C22H28N4O3. The summed E-state index contributed by atoms with van der Waals surface area (Å²) in [5.41, 5.74) is 1.93. The van der Waals surface area contributed by atoms with E-state index in [2.05, 4.69) is 10.3 Å². The van der Waals surface area contributed by atoms with Crippen LogP contribution in [0.3, 0.4) is 0 Å². The van der Waals surface area contributed by atoms with Crippen molar-refractivity contribution in [3.8, 4) is 5.75 Å². The third-order valence-corrected chi connectivity index (χ3v) is 5.59. The summed E-state index contributed by atoms with van der Waals surface area (Å²) in [7, 11) is 0. The number of rotatable bonds is 5. The zero-order valence-electron chi connectivity index (χ0n) is 16.9. The number of imidazole rings is 1. The van der Waals surface area contributed by atoms with E-state index in [-0.39, 0.29) is 11.8 Å². The van der Waals surface area contributed by atoms with Crippen molar-refractivity contribution in [2.24, 2.45) is 0 Å². The second-order valence-electron chi connectivity index (χ2n) is 7.60. The average Bonchev–Trinajstić information content (AvgIpc) is 3.15. The van der Waals surface area contributed by atoms with Crippen molar-refractivity contribution >= 4 is 17.5 Å². The van der Waals surface area contributed by atoms with Crippen molar-refractivity contribution in [3.05, 3.63) is 41.5 Å². The molecule has 0 saturated carbocycles. The minimum absolute atomic E-state index is 0.0482. The number of hydrogen-bond acceptors (Lipinski definition) is 4. The van der Waals surface area contributed by atoms with Gasteiger partial charge in [0.05, 0.1) is 12.3 Å². The van der Waals surface area contributed by atoms with E-state index < -0.39 is 0 Å². The Morgan fingerprint density at radius 2 is 1.76 bits per heavy atom. The van der Waals surface area contributed by atoms with Crippen molar-refractivity contribution in [1.29, 1.82) is 0 Å². The molecule has 7 heteroatoms. The van der Waals surface area contributed by atoms with Crippen LogP contribution in [0, 0.1) is 0 Å². The number of anilines is 1. The fourth-order valence-electron chi connectivity index (χ4n) is 4.12. The van der Waals surface area contributed by atoms with E-state index >= 15 is 0 Å². The Kier molecular flexibility index (Phi) is 5.83. The van der Waals surface area contributed by atoms with Gasteiger partial charge in [-0.2, -0.15) is 0 Å². The van der Waals surface area contributed by atoms with Gasteiger partial charge in [-0.05, 0) is 69.7 Å². The number of nitrogens with one attached hydrogen (secondary N) is 1. The van der Waals surface area contributed by atoms with E-state index in [1.165, 1.54) is 6.42 Å². The average molecular weight is 396 g/mol. The number of piperidine rings is 1. The lowest BCUT2D eigenvalue weighted by Crippen LogP contribution is -2.37. The van der Waals surface area contributed by atoms with Crippen molar-refractivity contribution in [2.75, 3.05) is 25.0 Å². The van der Waals surface area contributed by atoms with Gasteiger partial charge in [0, 0.05) is 25.3 Å². The minimum atomic E-state index is -0.266. The molecule has 0 bridgehead atoms. The molecule has 0 aliphatic carbocycles. The van der Waals surface area contributed by atoms with E-state index in [1.54, 1.807) is 0 Å². The summed E-state index contributed by atoms with van der Waals surface area (Å²) in [6.07, 6.45) is 6.01. The van der Waals surface area contributed by atoms with E-state index in [0.29, 0.717) is 23.8 Å². The molecule has 0 atom stereocenters. The molecular weight excluding hydrogens is 368 g/mol. The SMILES string of the molecule is CCOc1ccc(NC(=O)c2nc(C(=O)N3CCCCC3)n3c2CCCC3)cc1. The van der Waals surface area contributed by atoms with Crippen LogP contribution < -0.4 is 10.1 Å². The van der Waals surface area contributed by atoms with Crippen molar-refractivity contribution in [1.82, 2.24) is 14.5 Å². The van der Waals surface area contributed by atoms with Gasteiger partial charge in [0.1, 0.15) is 5.75 Å². The molecule has 1 saturated heterocycles. The van der Waals surface area contributed by atoms with E-state index in [0.717, 1.165) is 63.2 Å². The van der Waals surface area contributed by atoms with Crippen molar-refractivity contribution < 1.29 is 14.3 Å². The topological polar surface area (TPSA) is 76.5 Å². The van der Waals surface area contributed by atoms with Gasteiger partial charge in [-0.3, -0.25) is 9.59 Å². The zero-order chi connectivity index (χ0) is 20.2. The lowest BCUT2D eigenvalue weighted by atomic mass is 10.1. The predicted molar refractivity (Wildman–Crippen MR) is 110 cm³/mol. The molecule has 0 radical (unpaired) electrons.